The summed E-state index contributed by atoms with van der Waals surface area (Å²) >= 11 is 0. The molecule has 0 heterocycles. The molecular formula is C17H28ClN3O2. The van der Waals surface area contributed by atoms with Crippen molar-refractivity contribution in [2.75, 3.05) is 6.54 Å². The second kappa shape index (κ2) is 10.2. The predicted octanol–water partition coefficient (Wildman–Crippen LogP) is 2.02. The Morgan fingerprint density at radius 1 is 1.22 bits per heavy atom. The normalized spacial score (nSPS) is 13.0. The summed E-state index contributed by atoms with van der Waals surface area (Å²) in [5.74, 6) is -0.398. The van der Waals surface area contributed by atoms with Crippen molar-refractivity contribution < 1.29 is 9.59 Å². The van der Waals surface area contributed by atoms with Crippen LogP contribution in [0.1, 0.15) is 43.1 Å². The van der Waals surface area contributed by atoms with Crippen molar-refractivity contribution in [1.29, 1.82) is 0 Å². The lowest BCUT2D eigenvalue weighted by molar-refractivity contribution is -0.123. The SMILES string of the molecule is Cc1cccc(C(=O)NC(C(=O)NCCC(C)N)C(C)C)c1.Cl. The van der Waals surface area contributed by atoms with Gasteiger partial charge in [-0.1, -0.05) is 31.5 Å². The zero-order chi connectivity index (χ0) is 16.7. The van der Waals surface area contributed by atoms with Crippen molar-refractivity contribution in [2.45, 2.75) is 46.2 Å². The van der Waals surface area contributed by atoms with Gasteiger partial charge in [0.2, 0.25) is 5.91 Å². The topological polar surface area (TPSA) is 84.2 Å². The van der Waals surface area contributed by atoms with Gasteiger partial charge in [-0.05, 0) is 38.3 Å². The maximum atomic E-state index is 12.3. The summed E-state index contributed by atoms with van der Waals surface area (Å²) in [6, 6.07) is 6.80. The van der Waals surface area contributed by atoms with Crippen LogP contribution in [-0.2, 0) is 4.79 Å². The lowest BCUT2D eigenvalue weighted by Gasteiger charge is -2.22. The minimum atomic E-state index is -0.555. The van der Waals surface area contributed by atoms with Gasteiger partial charge in [0.1, 0.15) is 6.04 Å². The standard InChI is InChI=1S/C17H27N3O2.ClH/c1-11(2)15(17(22)19-9-8-13(4)18)20-16(21)14-7-5-6-12(3)10-14;/h5-7,10-11,13,15H,8-9,18H2,1-4H3,(H,19,22)(H,20,21);1H. The van der Waals surface area contributed by atoms with E-state index in [0.29, 0.717) is 18.5 Å². The Labute approximate surface area is 144 Å². The van der Waals surface area contributed by atoms with Gasteiger partial charge in [0.15, 0.2) is 0 Å². The Morgan fingerprint density at radius 3 is 2.39 bits per heavy atom. The van der Waals surface area contributed by atoms with Gasteiger partial charge in [0.05, 0.1) is 0 Å². The first-order chi connectivity index (χ1) is 10.3. The summed E-state index contributed by atoms with van der Waals surface area (Å²) in [5.41, 5.74) is 7.24. The summed E-state index contributed by atoms with van der Waals surface area (Å²) in [4.78, 5) is 24.5. The summed E-state index contributed by atoms with van der Waals surface area (Å²) in [6.45, 7) is 8.15. The first-order valence-electron chi connectivity index (χ1n) is 7.72. The third-order valence-corrected chi connectivity index (χ3v) is 3.41. The Bertz CT molecular complexity index is 518. The molecule has 2 amide bonds. The molecule has 0 bridgehead atoms. The lowest BCUT2D eigenvalue weighted by atomic mass is 10.0. The number of hydrogen-bond donors (Lipinski definition) is 3. The van der Waals surface area contributed by atoms with Crippen LogP contribution in [0.15, 0.2) is 24.3 Å². The predicted molar refractivity (Wildman–Crippen MR) is 95.8 cm³/mol. The van der Waals surface area contributed by atoms with Crippen LogP contribution in [-0.4, -0.2) is 30.4 Å². The minimum absolute atomic E-state index is 0. The van der Waals surface area contributed by atoms with Crippen LogP contribution in [0.5, 0.6) is 0 Å². The highest BCUT2D eigenvalue weighted by Gasteiger charge is 2.24. The van der Waals surface area contributed by atoms with Gasteiger partial charge < -0.3 is 16.4 Å². The van der Waals surface area contributed by atoms with Gasteiger partial charge in [-0.3, -0.25) is 9.59 Å². The van der Waals surface area contributed by atoms with Crippen LogP contribution < -0.4 is 16.4 Å². The van der Waals surface area contributed by atoms with E-state index in [1.54, 1.807) is 12.1 Å². The van der Waals surface area contributed by atoms with E-state index >= 15 is 0 Å². The number of carbonyl (C=O) groups is 2. The molecule has 6 heteroatoms. The van der Waals surface area contributed by atoms with Crippen LogP contribution in [0.25, 0.3) is 0 Å². The fraction of sp³-hybridized carbons (Fsp3) is 0.529. The van der Waals surface area contributed by atoms with E-state index in [9.17, 15) is 9.59 Å². The lowest BCUT2D eigenvalue weighted by Crippen LogP contribution is -2.50. The van der Waals surface area contributed by atoms with E-state index in [1.165, 1.54) is 0 Å². The van der Waals surface area contributed by atoms with E-state index < -0.39 is 6.04 Å². The number of hydrogen-bond acceptors (Lipinski definition) is 3. The third kappa shape index (κ3) is 7.48. The first-order valence-corrected chi connectivity index (χ1v) is 7.72. The van der Waals surface area contributed by atoms with Crippen LogP contribution in [0.2, 0.25) is 0 Å². The molecule has 2 unspecified atom stereocenters. The van der Waals surface area contributed by atoms with Crippen molar-refractivity contribution >= 4 is 24.2 Å². The van der Waals surface area contributed by atoms with E-state index in [4.69, 9.17) is 5.73 Å². The number of nitrogens with one attached hydrogen (secondary N) is 2. The van der Waals surface area contributed by atoms with Crippen LogP contribution in [0.3, 0.4) is 0 Å². The molecule has 0 aliphatic rings. The van der Waals surface area contributed by atoms with E-state index in [1.807, 2.05) is 39.8 Å². The zero-order valence-corrected chi connectivity index (χ0v) is 15.1. The molecule has 130 valence electrons. The molecule has 4 N–H and O–H groups in total. The fourth-order valence-corrected chi connectivity index (χ4v) is 2.08. The third-order valence-electron chi connectivity index (χ3n) is 3.41. The molecule has 2 atom stereocenters. The number of rotatable bonds is 7. The maximum absolute atomic E-state index is 12.3. The van der Waals surface area contributed by atoms with E-state index in [2.05, 4.69) is 10.6 Å². The van der Waals surface area contributed by atoms with Crippen LogP contribution in [0.4, 0.5) is 0 Å². The van der Waals surface area contributed by atoms with Gasteiger partial charge in [-0.15, -0.1) is 12.4 Å². The molecule has 0 spiro atoms. The number of nitrogens with two attached hydrogens (primary N) is 1. The van der Waals surface area contributed by atoms with Crippen LogP contribution >= 0.6 is 12.4 Å². The monoisotopic (exact) mass is 341 g/mol. The number of halogens is 1. The number of amides is 2. The summed E-state index contributed by atoms with van der Waals surface area (Å²) in [6.07, 6.45) is 0.711. The molecule has 0 fully saturated rings. The molecule has 0 aliphatic carbocycles. The van der Waals surface area contributed by atoms with Gasteiger partial charge in [0.25, 0.3) is 5.91 Å². The molecule has 0 saturated carbocycles. The second-order valence-electron chi connectivity index (χ2n) is 6.12. The Hall–Kier alpha value is -1.59. The molecule has 0 saturated heterocycles. The average Bonchev–Trinajstić information content (AvgIpc) is 2.43. The Kier molecular flexibility index (Phi) is 9.53. The van der Waals surface area contributed by atoms with Gasteiger partial charge in [-0.25, -0.2) is 0 Å². The molecule has 0 aliphatic heterocycles. The van der Waals surface area contributed by atoms with Crippen LogP contribution in [0, 0.1) is 12.8 Å². The van der Waals surface area contributed by atoms with E-state index in [-0.39, 0.29) is 36.2 Å². The van der Waals surface area contributed by atoms with Crippen molar-refractivity contribution in [3.05, 3.63) is 35.4 Å². The quantitative estimate of drug-likeness (QED) is 0.709. The summed E-state index contributed by atoms with van der Waals surface area (Å²) in [7, 11) is 0. The smallest absolute Gasteiger partial charge is 0.251 e. The largest absolute Gasteiger partial charge is 0.354 e. The molecule has 1 aromatic carbocycles. The second-order valence-corrected chi connectivity index (χ2v) is 6.12. The van der Waals surface area contributed by atoms with Crippen molar-refractivity contribution in [3.63, 3.8) is 0 Å². The minimum Gasteiger partial charge on any atom is -0.354 e. The Morgan fingerprint density at radius 2 is 1.87 bits per heavy atom. The fourth-order valence-electron chi connectivity index (χ4n) is 2.08. The Balaban J connectivity index is 0.00000484. The molecule has 1 aromatic rings. The molecule has 1 rings (SSSR count). The number of aryl methyl sites for hydroxylation is 1. The van der Waals surface area contributed by atoms with Gasteiger partial charge in [0, 0.05) is 18.2 Å². The highest BCUT2D eigenvalue weighted by molar-refractivity contribution is 5.97. The van der Waals surface area contributed by atoms with Gasteiger partial charge in [-0.2, -0.15) is 0 Å². The molecule has 23 heavy (non-hydrogen) atoms. The maximum Gasteiger partial charge on any atom is 0.251 e. The highest BCUT2D eigenvalue weighted by Crippen LogP contribution is 2.07. The zero-order valence-electron chi connectivity index (χ0n) is 14.3. The van der Waals surface area contributed by atoms with Crippen molar-refractivity contribution in [3.8, 4) is 0 Å². The average molecular weight is 342 g/mol. The highest BCUT2D eigenvalue weighted by atomic mass is 35.5. The van der Waals surface area contributed by atoms with E-state index in [0.717, 1.165) is 5.56 Å². The summed E-state index contributed by atoms with van der Waals surface area (Å²) < 4.78 is 0. The van der Waals surface area contributed by atoms with Crippen molar-refractivity contribution in [1.82, 2.24) is 10.6 Å². The van der Waals surface area contributed by atoms with Crippen molar-refractivity contribution in [2.24, 2.45) is 11.7 Å². The summed E-state index contributed by atoms with van der Waals surface area (Å²) in [5, 5.41) is 5.65. The number of carbonyl (C=O) groups excluding carboxylic acids is 2. The first kappa shape index (κ1) is 21.4. The number of benzene rings is 1. The molecule has 0 aromatic heterocycles. The molecule has 0 radical (unpaired) electrons. The molecule has 5 nitrogen and oxygen atoms in total. The molecular weight excluding hydrogens is 314 g/mol. The van der Waals surface area contributed by atoms with Gasteiger partial charge >= 0.3 is 0 Å².